The minimum absolute atomic E-state index is 0.0664. The van der Waals surface area contributed by atoms with Crippen molar-refractivity contribution < 1.29 is 0 Å². The molecule has 9 N–H and O–H groups in total. The number of rotatable bonds is 13. The van der Waals surface area contributed by atoms with Crippen molar-refractivity contribution in [2.24, 2.45) is 17.2 Å². The van der Waals surface area contributed by atoms with Crippen molar-refractivity contribution in [3.63, 3.8) is 0 Å². The summed E-state index contributed by atoms with van der Waals surface area (Å²) in [5.41, 5.74) is 16.7. The minimum Gasteiger partial charge on any atom is -0.330 e. The van der Waals surface area contributed by atoms with E-state index in [4.69, 9.17) is 17.2 Å². The van der Waals surface area contributed by atoms with Crippen LogP contribution in [-0.4, -0.2) is 52.0 Å². The summed E-state index contributed by atoms with van der Waals surface area (Å²) in [7, 11) is 0. The first-order chi connectivity index (χ1) is 8.31. The lowest BCUT2D eigenvalue weighted by atomic mass is 10.3. The summed E-state index contributed by atoms with van der Waals surface area (Å²) < 4.78 is 0. The van der Waals surface area contributed by atoms with E-state index in [0.29, 0.717) is 6.54 Å². The predicted octanol–water partition coefficient (Wildman–Crippen LogP) is -1.87. The van der Waals surface area contributed by atoms with E-state index in [0.717, 1.165) is 58.5 Å². The fraction of sp³-hybridized carbons (Fsp3) is 1.00. The summed E-state index contributed by atoms with van der Waals surface area (Å²) in [6.07, 6.45) is 3.24. The van der Waals surface area contributed by atoms with E-state index in [1.165, 1.54) is 0 Å². The third-order valence-electron chi connectivity index (χ3n) is 2.47. The zero-order valence-corrected chi connectivity index (χ0v) is 10.9. The Balaban J connectivity index is 3.09. The van der Waals surface area contributed by atoms with E-state index < -0.39 is 0 Å². The van der Waals surface area contributed by atoms with Crippen LogP contribution in [0.4, 0.5) is 0 Å². The maximum Gasteiger partial charge on any atom is 0.0558 e. The smallest absolute Gasteiger partial charge is 0.0558 e. The van der Waals surface area contributed by atoms with Gasteiger partial charge in [-0.1, -0.05) is 0 Å². The standard InChI is InChI=1S/C11H30N6/c12-4-1-2-6-15-7-3-11(14)17-10-9-16-8-5-13/h11,15-17H,1-10,12-14H2. The monoisotopic (exact) mass is 246 g/mol. The summed E-state index contributed by atoms with van der Waals surface area (Å²) >= 11 is 0. The molecule has 0 aliphatic heterocycles. The Bertz CT molecular complexity index is 144. The molecule has 0 aliphatic rings. The summed E-state index contributed by atoms with van der Waals surface area (Å²) in [5, 5.41) is 9.82. The molecule has 0 radical (unpaired) electrons. The maximum absolute atomic E-state index is 5.91. The lowest BCUT2D eigenvalue weighted by Gasteiger charge is -2.14. The van der Waals surface area contributed by atoms with Gasteiger partial charge in [-0.3, -0.25) is 0 Å². The fourth-order valence-corrected chi connectivity index (χ4v) is 1.45. The van der Waals surface area contributed by atoms with Gasteiger partial charge in [0, 0.05) is 26.2 Å². The van der Waals surface area contributed by atoms with Gasteiger partial charge in [0.15, 0.2) is 0 Å². The van der Waals surface area contributed by atoms with Crippen LogP contribution in [0.1, 0.15) is 19.3 Å². The molecule has 0 aliphatic carbocycles. The summed E-state index contributed by atoms with van der Waals surface area (Å²) in [4.78, 5) is 0. The molecule has 0 aromatic carbocycles. The van der Waals surface area contributed by atoms with Gasteiger partial charge in [0.25, 0.3) is 0 Å². The van der Waals surface area contributed by atoms with Crippen molar-refractivity contribution >= 4 is 0 Å². The van der Waals surface area contributed by atoms with Crippen LogP contribution in [-0.2, 0) is 0 Å². The van der Waals surface area contributed by atoms with Crippen molar-refractivity contribution in [1.29, 1.82) is 0 Å². The van der Waals surface area contributed by atoms with E-state index in [9.17, 15) is 0 Å². The average molecular weight is 246 g/mol. The van der Waals surface area contributed by atoms with Gasteiger partial charge in [0.05, 0.1) is 6.17 Å². The zero-order chi connectivity index (χ0) is 12.8. The molecular formula is C11H30N6. The lowest BCUT2D eigenvalue weighted by Crippen LogP contribution is -2.43. The van der Waals surface area contributed by atoms with Crippen molar-refractivity contribution in [2.75, 3.05) is 45.8 Å². The van der Waals surface area contributed by atoms with Gasteiger partial charge in [-0.15, -0.1) is 0 Å². The third-order valence-corrected chi connectivity index (χ3v) is 2.47. The molecule has 17 heavy (non-hydrogen) atoms. The fourth-order valence-electron chi connectivity index (χ4n) is 1.45. The Labute approximate surface area is 105 Å². The normalized spacial score (nSPS) is 12.9. The first-order valence-corrected chi connectivity index (χ1v) is 6.61. The molecule has 0 aromatic rings. The Morgan fingerprint density at radius 2 is 1.53 bits per heavy atom. The van der Waals surface area contributed by atoms with Crippen LogP contribution in [0, 0.1) is 0 Å². The molecule has 0 aromatic heterocycles. The number of nitrogens with two attached hydrogens (primary N) is 3. The van der Waals surface area contributed by atoms with Gasteiger partial charge >= 0.3 is 0 Å². The van der Waals surface area contributed by atoms with Crippen LogP contribution in [0.2, 0.25) is 0 Å². The molecule has 104 valence electrons. The molecule has 0 spiro atoms. The van der Waals surface area contributed by atoms with Gasteiger partial charge < -0.3 is 33.2 Å². The minimum atomic E-state index is 0.0664. The van der Waals surface area contributed by atoms with Crippen LogP contribution in [0.25, 0.3) is 0 Å². The quantitative estimate of drug-likeness (QED) is 0.168. The van der Waals surface area contributed by atoms with Gasteiger partial charge in [-0.25, -0.2) is 0 Å². The second kappa shape index (κ2) is 13.8. The molecule has 1 unspecified atom stereocenters. The molecule has 0 heterocycles. The molecule has 0 rings (SSSR count). The van der Waals surface area contributed by atoms with Crippen LogP contribution in [0.15, 0.2) is 0 Å². The van der Waals surface area contributed by atoms with Crippen LogP contribution in [0.5, 0.6) is 0 Å². The van der Waals surface area contributed by atoms with Crippen LogP contribution < -0.4 is 33.2 Å². The Hall–Kier alpha value is -0.240. The Morgan fingerprint density at radius 1 is 0.765 bits per heavy atom. The van der Waals surface area contributed by atoms with E-state index >= 15 is 0 Å². The van der Waals surface area contributed by atoms with Crippen LogP contribution >= 0.6 is 0 Å². The van der Waals surface area contributed by atoms with Gasteiger partial charge in [-0.2, -0.15) is 0 Å². The lowest BCUT2D eigenvalue weighted by molar-refractivity contribution is 0.467. The molecule has 0 fully saturated rings. The summed E-state index contributed by atoms with van der Waals surface area (Å²) in [5.74, 6) is 0. The van der Waals surface area contributed by atoms with Crippen molar-refractivity contribution in [1.82, 2.24) is 16.0 Å². The highest BCUT2D eigenvalue weighted by atomic mass is 15.0. The molecule has 6 heteroatoms. The van der Waals surface area contributed by atoms with E-state index in [-0.39, 0.29) is 6.17 Å². The van der Waals surface area contributed by atoms with E-state index in [1.54, 1.807) is 0 Å². The second-order valence-corrected chi connectivity index (χ2v) is 4.13. The van der Waals surface area contributed by atoms with Gasteiger partial charge in [0.2, 0.25) is 0 Å². The maximum atomic E-state index is 5.91. The summed E-state index contributed by atoms with van der Waals surface area (Å²) in [6.45, 7) is 6.09. The van der Waals surface area contributed by atoms with Gasteiger partial charge in [-0.05, 0) is 38.9 Å². The first kappa shape index (κ1) is 16.8. The Kier molecular flexibility index (Phi) is 13.6. The number of hydrogen-bond acceptors (Lipinski definition) is 6. The highest BCUT2D eigenvalue weighted by Crippen LogP contribution is 1.84. The number of nitrogens with one attached hydrogen (secondary N) is 3. The zero-order valence-electron chi connectivity index (χ0n) is 10.9. The molecule has 0 amide bonds. The first-order valence-electron chi connectivity index (χ1n) is 6.61. The van der Waals surface area contributed by atoms with E-state index in [2.05, 4.69) is 16.0 Å². The van der Waals surface area contributed by atoms with Crippen molar-refractivity contribution in [2.45, 2.75) is 25.4 Å². The van der Waals surface area contributed by atoms with Crippen LogP contribution in [0.3, 0.4) is 0 Å². The van der Waals surface area contributed by atoms with E-state index in [1.807, 2.05) is 0 Å². The molecule has 6 nitrogen and oxygen atoms in total. The topological polar surface area (TPSA) is 114 Å². The largest absolute Gasteiger partial charge is 0.330 e. The number of unbranched alkanes of at least 4 members (excludes halogenated alkanes) is 1. The third kappa shape index (κ3) is 13.7. The summed E-state index contributed by atoms with van der Waals surface area (Å²) in [6, 6.07) is 0. The highest BCUT2D eigenvalue weighted by molar-refractivity contribution is 4.62. The Morgan fingerprint density at radius 3 is 2.24 bits per heavy atom. The van der Waals surface area contributed by atoms with Crippen molar-refractivity contribution in [3.05, 3.63) is 0 Å². The van der Waals surface area contributed by atoms with Crippen molar-refractivity contribution in [3.8, 4) is 0 Å². The molecule has 1 atom stereocenters. The molecule has 0 bridgehead atoms. The second-order valence-electron chi connectivity index (χ2n) is 4.13. The van der Waals surface area contributed by atoms with Gasteiger partial charge in [0.1, 0.15) is 0 Å². The SMILES string of the molecule is NCCCCNCCC(N)NCCNCCN. The number of hydrogen-bond donors (Lipinski definition) is 6. The predicted molar refractivity (Wildman–Crippen MR) is 73.7 cm³/mol. The average Bonchev–Trinajstić information content (AvgIpc) is 2.33. The molecular weight excluding hydrogens is 216 g/mol. The highest BCUT2D eigenvalue weighted by Gasteiger charge is 1.99. The molecule has 0 saturated heterocycles. The molecule has 0 saturated carbocycles.